The number of rotatable bonds is 3. The van der Waals surface area contributed by atoms with Crippen LogP contribution in [-0.4, -0.2) is 20.6 Å². The van der Waals surface area contributed by atoms with Gasteiger partial charge in [-0.25, -0.2) is 4.68 Å². The third-order valence-corrected chi connectivity index (χ3v) is 4.17. The lowest BCUT2D eigenvalue weighted by atomic mass is 10.0. The third kappa shape index (κ3) is 3.16. The van der Waals surface area contributed by atoms with Gasteiger partial charge in [0.15, 0.2) is 0 Å². The van der Waals surface area contributed by atoms with Crippen LogP contribution in [-0.2, 0) is 0 Å². The van der Waals surface area contributed by atoms with Crippen molar-refractivity contribution in [2.75, 3.05) is 0 Å². The molecule has 1 aromatic heterocycles. The average Bonchev–Trinajstić information content (AvgIpc) is 2.89. The van der Waals surface area contributed by atoms with Crippen LogP contribution in [0, 0.1) is 24.0 Å². The van der Waals surface area contributed by atoms with Gasteiger partial charge in [0.2, 0.25) is 0 Å². The third-order valence-electron chi connectivity index (χ3n) is 3.92. The fraction of sp³-hybridized carbons (Fsp3) is 0.111. The standard InChI is InChI=1S/C18H14ClN3O3/c1-11-17(14-4-3-5-16(10-14)22(24)25)12(2)21(20-11)18(23)13-6-8-15(19)9-7-13/h3-10H,1-2H3. The van der Waals surface area contributed by atoms with Gasteiger partial charge in [0.05, 0.1) is 16.3 Å². The van der Waals surface area contributed by atoms with Crippen LogP contribution < -0.4 is 0 Å². The molecule has 0 radical (unpaired) electrons. The predicted molar refractivity (Wildman–Crippen MR) is 95.0 cm³/mol. The number of nitrogens with zero attached hydrogens (tertiary/aromatic N) is 3. The number of carbonyl (C=O) groups excluding carboxylic acids is 1. The fourth-order valence-corrected chi connectivity index (χ4v) is 2.87. The van der Waals surface area contributed by atoms with E-state index in [0.29, 0.717) is 33.1 Å². The van der Waals surface area contributed by atoms with E-state index in [4.69, 9.17) is 11.6 Å². The topological polar surface area (TPSA) is 78.0 Å². The van der Waals surface area contributed by atoms with Crippen LogP contribution in [0.3, 0.4) is 0 Å². The summed E-state index contributed by atoms with van der Waals surface area (Å²) in [6.45, 7) is 3.54. The molecular weight excluding hydrogens is 342 g/mol. The van der Waals surface area contributed by atoms with Gasteiger partial charge in [-0.3, -0.25) is 14.9 Å². The Kier molecular flexibility index (Phi) is 4.37. The van der Waals surface area contributed by atoms with Crippen LogP contribution in [0.4, 0.5) is 5.69 Å². The molecule has 1 heterocycles. The smallest absolute Gasteiger partial charge is 0.267 e. The van der Waals surface area contributed by atoms with Crippen molar-refractivity contribution < 1.29 is 9.72 Å². The van der Waals surface area contributed by atoms with Gasteiger partial charge in [-0.05, 0) is 43.7 Å². The molecule has 0 fully saturated rings. The zero-order chi connectivity index (χ0) is 18.1. The van der Waals surface area contributed by atoms with Crippen LogP contribution >= 0.6 is 11.6 Å². The normalized spacial score (nSPS) is 10.7. The first-order chi connectivity index (χ1) is 11.9. The zero-order valence-corrected chi connectivity index (χ0v) is 14.3. The second-order valence-corrected chi connectivity index (χ2v) is 6.01. The van der Waals surface area contributed by atoms with E-state index in [0.717, 1.165) is 0 Å². The van der Waals surface area contributed by atoms with Gasteiger partial charge >= 0.3 is 0 Å². The van der Waals surface area contributed by atoms with Gasteiger partial charge < -0.3 is 0 Å². The number of nitro groups is 1. The highest BCUT2D eigenvalue weighted by Crippen LogP contribution is 2.30. The number of non-ortho nitro benzene ring substituents is 1. The summed E-state index contributed by atoms with van der Waals surface area (Å²) in [6, 6.07) is 12.8. The van der Waals surface area contributed by atoms with Crippen molar-refractivity contribution in [1.82, 2.24) is 9.78 Å². The first kappa shape index (κ1) is 16.9. The molecule has 7 heteroatoms. The summed E-state index contributed by atoms with van der Waals surface area (Å²) in [5, 5.41) is 15.9. The monoisotopic (exact) mass is 355 g/mol. The van der Waals surface area contributed by atoms with E-state index in [-0.39, 0.29) is 11.6 Å². The lowest BCUT2D eigenvalue weighted by molar-refractivity contribution is -0.384. The maximum absolute atomic E-state index is 12.7. The molecule has 0 saturated heterocycles. The Hall–Kier alpha value is -2.99. The minimum atomic E-state index is -0.447. The van der Waals surface area contributed by atoms with E-state index >= 15 is 0 Å². The van der Waals surface area contributed by atoms with E-state index in [1.54, 1.807) is 50.2 Å². The van der Waals surface area contributed by atoms with E-state index in [2.05, 4.69) is 5.10 Å². The molecule has 25 heavy (non-hydrogen) atoms. The van der Waals surface area contributed by atoms with Crippen molar-refractivity contribution in [1.29, 1.82) is 0 Å². The van der Waals surface area contributed by atoms with Gasteiger partial charge in [-0.1, -0.05) is 23.7 Å². The average molecular weight is 356 g/mol. The molecular formula is C18H14ClN3O3. The first-order valence-electron chi connectivity index (χ1n) is 7.50. The zero-order valence-electron chi connectivity index (χ0n) is 13.6. The number of benzene rings is 2. The molecule has 126 valence electrons. The molecule has 0 aliphatic rings. The van der Waals surface area contributed by atoms with Crippen molar-refractivity contribution in [2.45, 2.75) is 13.8 Å². The van der Waals surface area contributed by atoms with E-state index in [1.165, 1.54) is 16.8 Å². The van der Waals surface area contributed by atoms with E-state index < -0.39 is 4.92 Å². The summed E-state index contributed by atoms with van der Waals surface area (Å²) < 4.78 is 1.31. The first-order valence-corrected chi connectivity index (χ1v) is 7.87. The SMILES string of the molecule is Cc1nn(C(=O)c2ccc(Cl)cc2)c(C)c1-c1cccc([N+](=O)[O-])c1. The Morgan fingerprint density at radius 1 is 1.16 bits per heavy atom. The fourth-order valence-electron chi connectivity index (χ4n) is 2.75. The van der Waals surface area contributed by atoms with Crippen molar-refractivity contribution >= 4 is 23.2 Å². The summed E-state index contributed by atoms with van der Waals surface area (Å²) in [5.74, 6) is -0.283. The summed E-state index contributed by atoms with van der Waals surface area (Å²) in [6.07, 6.45) is 0. The number of halogens is 1. The second kappa shape index (κ2) is 6.49. The molecule has 0 bridgehead atoms. The van der Waals surface area contributed by atoms with Crippen LogP contribution in [0.15, 0.2) is 48.5 Å². The number of hydrogen-bond acceptors (Lipinski definition) is 4. The lowest BCUT2D eigenvalue weighted by Gasteiger charge is -2.05. The Morgan fingerprint density at radius 3 is 2.48 bits per heavy atom. The molecule has 0 saturated carbocycles. The maximum Gasteiger partial charge on any atom is 0.278 e. The largest absolute Gasteiger partial charge is 0.278 e. The van der Waals surface area contributed by atoms with Gasteiger partial charge in [0.1, 0.15) is 0 Å². The molecule has 2 aromatic carbocycles. The van der Waals surface area contributed by atoms with Gasteiger partial charge in [-0.15, -0.1) is 0 Å². The number of nitro benzene ring substituents is 1. The Balaban J connectivity index is 2.07. The van der Waals surface area contributed by atoms with E-state index in [1.807, 2.05) is 0 Å². The summed E-state index contributed by atoms with van der Waals surface area (Å²) in [5.41, 5.74) is 3.07. The van der Waals surface area contributed by atoms with Crippen molar-refractivity contribution in [3.05, 3.63) is 80.6 Å². The van der Waals surface area contributed by atoms with Crippen LogP contribution in [0.1, 0.15) is 21.7 Å². The Bertz CT molecular complexity index is 978. The van der Waals surface area contributed by atoms with Crippen molar-refractivity contribution in [2.24, 2.45) is 0 Å². The Labute approximate surface area is 148 Å². The molecule has 0 aliphatic carbocycles. The molecule has 0 atom stereocenters. The minimum Gasteiger partial charge on any atom is -0.267 e. The number of aromatic nitrogens is 2. The van der Waals surface area contributed by atoms with E-state index in [9.17, 15) is 14.9 Å². The van der Waals surface area contributed by atoms with Crippen molar-refractivity contribution in [3.8, 4) is 11.1 Å². The molecule has 0 aliphatic heterocycles. The second-order valence-electron chi connectivity index (χ2n) is 5.58. The quantitative estimate of drug-likeness (QED) is 0.514. The molecule has 0 unspecified atom stereocenters. The highest BCUT2D eigenvalue weighted by Gasteiger charge is 2.20. The predicted octanol–water partition coefficient (Wildman–Crippen LogP) is 4.42. The highest BCUT2D eigenvalue weighted by atomic mass is 35.5. The minimum absolute atomic E-state index is 0.00641. The molecule has 0 N–H and O–H groups in total. The molecule has 3 rings (SSSR count). The Morgan fingerprint density at radius 2 is 1.84 bits per heavy atom. The highest BCUT2D eigenvalue weighted by molar-refractivity contribution is 6.30. The lowest BCUT2D eigenvalue weighted by Crippen LogP contribution is -2.15. The molecule has 6 nitrogen and oxygen atoms in total. The van der Waals surface area contributed by atoms with Gasteiger partial charge in [-0.2, -0.15) is 5.10 Å². The van der Waals surface area contributed by atoms with Gasteiger partial charge in [0.25, 0.3) is 11.6 Å². The maximum atomic E-state index is 12.7. The van der Waals surface area contributed by atoms with Crippen LogP contribution in [0.25, 0.3) is 11.1 Å². The van der Waals surface area contributed by atoms with Crippen LogP contribution in [0.2, 0.25) is 5.02 Å². The molecule has 0 amide bonds. The molecule has 0 spiro atoms. The number of carbonyl (C=O) groups is 1. The number of aryl methyl sites for hydroxylation is 1. The summed E-state index contributed by atoms with van der Waals surface area (Å²) in [4.78, 5) is 23.3. The summed E-state index contributed by atoms with van der Waals surface area (Å²) in [7, 11) is 0. The van der Waals surface area contributed by atoms with Gasteiger partial charge in [0, 0.05) is 28.3 Å². The van der Waals surface area contributed by atoms with Crippen molar-refractivity contribution in [3.63, 3.8) is 0 Å². The molecule has 3 aromatic rings. The van der Waals surface area contributed by atoms with Crippen LogP contribution in [0.5, 0.6) is 0 Å². The number of hydrogen-bond donors (Lipinski definition) is 0. The summed E-state index contributed by atoms with van der Waals surface area (Å²) >= 11 is 5.85.